The van der Waals surface area contributed by atoms with Gasteiger partial charge < -0.3 is 9.32 Å². The molecule has 3 heteroatoms. The number of aryl methyl sites for hydroxylation is 2. The number of anilines is 2. The van der Waals surface area contributed by atoms with Crippen LogP contribution in [-0.4, -0.2) is 6.54 Å². The summed E-state index contributed by atoms with van der Waals surface area (Å²) in [5.74, 6) is 0. The van der Waals surface area contributed by atoms with Crippen LogP contribution in [0.2, 0.25) is 0 Å². The van der Waals surface area contributed by atoms with Crippen molar-refractivity contribution < 1.29 is 11.7 Å². The zero-order chi connectivity index (χ0) is 26.7. The Balaban J connectivity index is 1.50. The SMILES string of the molecule is [2H]C1([2H])CCN(c2ccccc2)c2cccc(-c3cccc4c3oc3c(-c5cccc[n+]5C)c(C)ccc34)c21. The average molecular weight is 484 g/mol. The van der Waals surface area contributed by atoms with E-state index in [9.17, 15) is 0 Å². The lowest BCUT2D eigenvalue weighted by molar-refractivity contribution is -0.660. The Labute approximate surface area is 220 Å². The Bertz CT molecular complexity index is 1870. The van der Waals surface area contributed by atoms with Gasteiger partial charge in [-0.1, -0.05) is 60.7 Å². The molecule has 1 aliphatic rings. The zero-order valence-electron chi connectivity index (χ0n) is 23.0. The van der Waals surface area contributed by atoms with Crippen molar-refractivity contribution in [2.75, 3.05) is 11.4 Å². The number of pyridine rings is 1. The number of benzene rings is 4. The highest BCUT2D eigenvalue weighted by atomic mass is 16.3. The predicted molar refractivity (Wildman–Crippen MR) is 152 cm³/mol. The fourth-order valence-electron chi connectivity index (χ4n) is 5.74. The van der Waals surface area contributed by atoms with Crippen molar-refractivity contribution in [2.24, 2.45) is 7.05 Å². The predicted octanol–water partition coefficient (Wildman–Crippen LogP) is 8.14. The van der Waals surface area contributed by atoms with E-state index in [0.29, 0.717) is 13.0 Å². The van der Waals surface area contributed by atoms with Gasteiger partial charge in [0.25, 0.3) is 0 Å². The number of hydrogen-bond donors (Lipinski definition) is 0. The van der Waals surface area contributed by atoms with E-state index in [1.54, 1.807) is 0 Å². The normalized spacial score (nSPS) is 15.5. The zero-order valence-corrected chi connectivity index (χ0v) is 21.0. The third kappa shape index (κ3) is 3.46. The van der Waals surface area contributed by atoms with Gasteiger partial charge in [-0.2, -0.15) is 0 Å². The minimum absolute atomic E-state index is 0.413. The number of rotatable bonds is 3. The van der Waals surface area contributed by atoms with Crippen molar-refractivity contribution in [1.82, 2.24) is 0 Å². The second-order valence-corrected chi connectivity index (χ2v) is 9.73. The van der Waals surface area contributed by atoms with E-state index in [-0.39, 0.29) is 0 Å². The van der Waals surface area contributed by atoms with Crippen LogP contribution in [0.4, 0.5) is 11.4 Å². The van der Waals surface area contributed by atoms with Crippen LogP contribution in [0.25, 0.3) is 44.3 Å². The molecule has 1 aliphatic heterocycles. The van der Waals surface area contributed by atoms with Crippen molar-refractivity contribution in [3.8, 4) is 22.4 Å². The summed E-state index contributed by atoms with van der Waals surface area (Å²) in [5, 5.41) is 2.10. The highest BCUT2D eigenvalue weighted by Crippen LogP contribution is 2.44. The van der Waals surface area contributed by atoms with Gasteiger partial charge in [-0.3, -0.25) is 0 Å². The summed E-state index contributed by atoms with van der Waals surface area (Å²) in [6, 6.07) is 33.1. The number of para-hydroxylation sites is 2. The van der Waals surface area contributed by atoms with Gasteiger partial charge in [0.05, 0.1) is 5.56 Å². The summed E-state index contributed by atoms with van der Waals surface area (Å²) in [5.41, 5.74) is 9.48. The third-order valence-electron chi connectivity index (χ3n) is 7.51. The first-order valence-electron chi connectivity index (χ1n) is 13.8. The third-order valence-corrected chi connectivity index (χ3v) is 7.51. The lowest BCUT2D eigenvalue weighted by Crippen LogP contribution is -2.30. The average Bonchev–Trinajstić information content (AvgIpc) is 3.33. The summed E-state index contributed by atoms with van der Waals surface area (Å²) < 4.78 is 27.0. The Morgan fingerprint density at radius 3 is 2.43 bits per heavy atom. The molecule has 0 fully saturated rings. The number of fused-ring (bicyclic) bond motifs is 4. The standard InChI is InChI=1S/C34H29N2O/c1-23-19-20-29-28-15-8-14-27(33(28)37-34(29)32(23)31-17-6-7-21-35(31)2)25-13-9-18-30-26(25)16-10-22-36(30)24-11-4-3-5-12-24/h3-9,11-15,17-21H,10,16,22H2,1-2H3/q+1/i16D2. The molecule has 0 spiro atoms. The number of furan rings is 1. The molecule has 0 atom stereocenters. The maximum atomic E-state index is 9.07. The van der Waals surface area contributed by atoms with E-state index in [1.807, 2.05) is 42.5 Å². The molecule has 4 aromatic carbocycles. The molecule has 3 heterocycles. The van der Waals surface area contributed by atoms with Crippen LogP contribution in [0.1, 0.15) is 20.3 Å². The van der Waals surface area contributed by atoms with Gasteiger partial charge in [0.15, 0.2) is 6.20 Å². The monoisotopic (exact) mass is 483 g/mol. The first-order chi connectivity index (χ1) is 18.9. The summed E-state index contributed by atoms with van der Waals surface area (Å²) in [7, 11) is 2.05. The largest absolute Gasteiger partial charge is 0.454 e. The molecule has 37 heavy (non-hydrogen) atoms. The molecule has 0 saturated heterocycles. The van der Waals surface area contributed by atoms with Crippen molar-refractivity contribution in [1.29, 1.82) is 0 Å². The van der Waals surface area contributed by atoms with Gasteiger partial charge >= 0.3 is 0 Å². The molecule has 0 bridgehead atoms. The van der Waals surface area contributed by atoms with Crippen LogP contribution in [0.5, 0.6) is 0 Å². The van der Waals surface area contributed by atoms with Gasteiger partial charge in [0, 0.05) is 49.1 Å². The van der Waals surface area contributed by atoms with Gasteiger partial charge in [-0.15, -0.1) is 0 Å². The molecule has 3 nitrogen and oxygen atoms in total. The molecule has 0 radical (unpaired) electrons. The Hall–Kier alpha value is -4.37. The Morgan fingerprint density at radius 1 is 0.784 bits per heavy atom. The van der Waals surface area contributed by atoms with E-state index in [4.69, 9.17) is 7.16 Å². The van der Waals surface area contributed by atoms with Crippen LogP contribution in [-0.2, 0) is 13.4 Å². The lowest BCUT2D eigenvalue weighted by Gasteiger charge is -2.32. The fourth-order valence-corrected chi connectivity index (χ4v) is 5.74. The van der Waals surface area contributed by atoms with Crippen LogP contribution >= 0.6 is 0 Å². The van der Waals surface area contributed by atoms with E-state index >= 15 is 0 Å². The van der Waals surface area contributed by atoms with Crippen molar-refractivity contribution in [2.45, 2.75) is 19.7 Å². The molecule has 0 aliphatic carbocycles. The lowest BCUT2D eigenvalue weighted by atomic mass is 9.91. The molecule has 180 valence electrons. The number of aromatic nitrogens is 1. The topological polar surface area (TPSA) is 20.3 Å². The fraction of sp³-hybridized carbons (Fsp3) is 0.147. The van der Waals surface area contributed by atoms with E-state index in [0.717, 1.165) is 66.8 Å². The Kier molecular flexibility index (Phi) is 4.61. The minimum Gasteiger partial charge on any atom is -0.454 e. The molecular formula is C34H29N2O+. The highest BCUT2D eigenvalue weighted by Gasteiger charge is 2.25. The maximum absolute atomic E-state index is 9.07. The van der Waals surface area contributed by atoms with Gasteiger partial charge in [-0.05, 0) is 60.7 Å². The molecule has 0 amide bonds. The molecule has 7 rings (SSSR count). The molecule has 6 aromatic rings. The second kappa shape index (κ2) is 8.63. The van der Waals surface area contributed by atoms with Gasteiger partial charge in [-0.25, -0.2) is 4.57 Å². The van der Waals surface area contributed by atoms with Crippen LogP contribution in [0, 0.1) is 6.92 Å². The van der Waals surface area contributed by atoms with Crippen molar-refractivity contribution >= 4 is 33.3 Å². The van der Waals surface area contributed by atoms with E-state index < -0.39 is 6.37 Å². The molecule has 2 aromatic heterocycles. The maximum Gasteiger partial charge on any atom is 0.216 e. The van der Waals surface area contributed by atoms with Gasteiger partial charge in [0.1, 0.15) is 18.2 Å². The van der Waals surface area contributed by atoms with Crippen molar-refractivity contribution in [3.63, 3.8) is 0 Å². The summed E-state index contributed by atoms with van der Waals surface area (Å²) in [4.78, 5) is 2.23. The van der Waals surface area contributed by atoms with Crippen LogP contribution < -0.4 is 9.47 Å². The van der Waals surface area contributed by atoms with Crippen molar-refractivity contribution in [3.05, 3.63) is 114 Å². The summed E-state index contributed by atoms with van der Waals surface area (Å²) >= 11 is 0. The summed E-state index contributed by atoms with van der Waals surface area (Å²) in [6.07, 6.45) is 0.999. The van der Waals surface area contributed by atoms with E-state index in [1.165, 1.54) is 0 Å². The number of nitrogens with zero attached hydrogens (tertiary/aromatic N) is 2. The minimum atomic E-state index is -1.47. The van der Waals surface area contributed by atoms with E-state index in [2.05, 4.69) is 84.2 Å². The van der Waals surface area contributed by atoms with Crippen LogP contribution in [0.15, 0.2) is 108 Å². The van der Waals surface area contributed by atoms with Gasteiger partial charge in [0.2, 0.25) is 5.69 Å². The first kappa shape index (κ1) is 19.8. The highest BCUT2D eigenvalue weighted by molar-refractivity contribution is 6.13. The second-order valence-electron chi connectivity index (χ2n) is 9.73. The first-order valence-corrected chi connectivity index (χ1v) is 12.8. The van der Waals surface area contributed by atoms with Crippen LogP contribution in [0.3, 0.4) is 0 Å². The molecule has 0 unspecified atom stereocenters. The Morgan fingerprint density at radius 2 is 1.57 bits per heavy atom. The molecular weight excluding hydrogens is 452 g/mol. The molecule has 0 saturated carbocycles. The number of hydrogen-bond acceptors (Lipinski definition) is 2. The smallest absolute Gasteiger partial charge is 0.216 e. The molecule has 0 N–H and O–H groups in total. The summed E-state index contributed by atoms with van der Waals surface area (Å²) in [6.45, 7) is 2.75. The quantitative estimate of drug-likeness (QED) is 0.237.